The van der Waals surface area contributed by atoms with Crippen LogP contribution in [0.1, 0.15) is 48.3 Å². The first kappa shape index (κ1) is 12.7. The largest absolute Gasteiger partial charge is 0.478 e. The second kappa shape index (κ2) is 4.48. The Labute approximate surface area is 107 Å². The molecule has 0 radical (unpaired) electrons. The summed E-state index contributed by atoms with van der Waals surface area (Å²) in [4.78, 5) is 11.2. The van der Waals surface area contributed by atoms with E-state index in [1.807, 2.05) is 6.92 Å². The molecule has 0 amide bonds. The molecule has 2 aromatic rings. The van der Waals surface area contributed by atoms with Gasteiger partial charge in [0.2, 0.25) is 0 Å². The average molecular weight is 245 g/mol. The molecule has 1 heterocycles. The maximum atomic E-state index is 11.2. The Kier molecular flexibility index (Phi) is 3.16. The minimum absolute atomic E-state index is 0.377. The highest BCUT2D eigenvalue weighted by Gasteiger charge is 2.15. The lowest BCUT2D eigenvalue weighted by atomic mass is 10.0. The predicted molar refractivity (Wildman–Crippen MR) is 73.4 cm³/mol. The van der Waals surface area contributed by atoms with Gasteiger partial charge in [-0.15, -0.1) is 0 Å². The van der Waals surface area contributed by atoms with Crippen molar-refractivity contribution in [1.82, 2.24) is 4.57 Å². The van der Waals surface area contributed by atoms with Crippen molar-refractivity contribution < 1.29 is 9.90 Å². The predicted octanol–water partition coefficient (Wildman–Crippen LogP) is 3.79. The third kappa shape index (κ3) is 1.90. The Morgan fingerprint density at radius 3 is 2.56 bits per heavy atom. The maximum absolute atomic E-state index is 11.2. The van der Waals surface area contributed by atoms with E-state index in [1.54, 1.807) is 12.1 Å². The van der Waals surface area contributed by atoms with Gasteiger partial charge in [-0.25, -0.2) is 4.79 Å². The number of nitrogens with zero attached hydrogens (tertiary/aromatic N) is 1. The summed E-state index contributed by atoms with van der Waals surface area (Å²) in [5.74, 6) is -0.858. The first-order valence-corrected chi connectivity index (χ1v) is 6.33. The number of carboxylic acids is 1. The van der Waals surface area contributed by atoms with Gasteiger partial charge in [-0.05, 0) is 50.5 Å². The van der Waals surface area contributed by atoms with Gasteiger partial charge in [0.25, 0.3) is 0 Å². The summed E-state index contributed by atoms with van der Waals surface area (Å²) in [6, 6.07) is 3.95. The van der Waals surface area contributed by atoms with Gasteiger partial charge in [0.1, 0.15) is 0 Å². The third-order valence-corrected chi connectivity index (χ3v) is 3.39. The van der Waals surface area contributed by atoms with Crippen molar-refractivity contribution in [2.75, 3.05) is 0 Å². The number of rotatable bonds is 3. The van der Waals surface area contributed by atoms with Gasteiger partial charge in [0.15, 0.2) is 0 Å². The fourth-order valence-electron chi connectivity index (χ4n) is 2.44. The van der Waals surface area contributed by atoms with Crippen molar-refractivity contribution in [3.63, 3.8) is 0 Å². The molecule has 18 heavy (non-hydrogen) atoms. The number of aryl methyl sites for hydroxylation is 2. The molecular weight excluding hydrogens is 226 g/mol. The molecule has 2 rings (SSSR count). The van der Waals surface area contributed by atoms with E-state index in [0.29, 0.717) is 11.6 Å². The van der Waals surface area contributed by atoms with Crippen LogP contribution in [0.25, 0.3) is 10.9 Å². The van der Waals surface area contributed by atoms with Crippen LogP contribution >= 0.6 is 0 Å². The molecule has 0 fully saturated rings. The fourth-order valence-corrected chi connectivity index (χ4v) is 2.44. The SMILES string of the molecule is CCc1cc(C(=O)O)cc2c(C)cn(C(C)C)c12. The first-order chi connectivity index (χ1) is 8.45. The summed E-state index contributed by atoms with van der Waals surface area (Å²) in [7, 11) is 0. The zero-order chi connectivity index (χ0) is 13.4. The van der Waals surface area contributed by atoms with Crippen molar-refractivity contribution in [3.05, 3.63) is 35.0 Å². The quantitative estimate of drug-likeness (QED) is 0.893. The molecular formula is C15H19NO2. The summed E-state index contributed by atoms with van der Waals surface area (Å²) in [5, 5.41) is 10.2. The number of benzene rings is 1. The molecule has 0 spiro atoms. The highest BCUT2D eigenvalue weighted by Crippen LogP contribution is 2.29. The summed E-state index contributed by atoms with van der Waals surface area (Å²) < 4.78 is 2.23. The molecule has 1 N–H and O–H groups in total. The van der Waals surface area contributed by atoms with Gasteiger partial charge >= 0.3 is 5.97 Å². The molecule has 0 unspecified atom stereocenters. The molecule has 0 saturated heterocycles. The molecule has 1 aromatic heterocycles. The standard InChI is InChI=1S/C15H19NO2/c1-5-11-6-12(15(17)18)7-13-10(4)8-16(9(2)3)14(11)13/h6-9H,5H2,1-4H3,(H,17,18). The summed E-state index contributed by atoms with van der Waals surface area (Å²) in [6.45, 7) is 8.38. The maximum Gasteiger partial charge on any atom is 0.335 e. The van der Waals surface area contributed by atoms with Crippen LogP contribution < -0.4 is 0 Å². The Bertz CT molecular complexity index is 608. The van der Waals surface area contributed by atoms with Gasteiger partial charge < -0.3 is 9.67 Å². The molecule has 1 aromatic carbocycles. The Balaban J connectivity index is 2.85. The molecule has 0 aliphatic heterocycles. The molecule has 0 saturated carbocycles. The third-order valence-electron chi connectivity index (χ3n) is 3.39. The Morgan fingerprint density at radius 1 is 1.39 bits per heavy atom. The molecule has 3 nitrogen and oxygen atoms in total. The lowest BCUT2D eigenvalue weighted by molar-refractivity contribution is 0.0697. The van der Waals surface area contributed by atoms with Crippen LogP contribution in [0, 0.1) is 6.92 Å². The first-order valence-electron chi connectivity index (χ1n) is 6.33. The number of aromatic nitrogens is 1. The van der Waals surface area contributed by atoms with Gasteiger partial charge in [-0.1, -0.05) is 6.92 Å². The number of carbonyl (C=O) groups is 1. The molecule has 0 aliphatic carbocycles. The normalized spacial score (nSPS) is 11.4. The van der Waals surface area contributed by atoms with Crippen molar-refractivity contribution in [2.24, 2.45) is 0 Å². The average Bonchev–Trinajstić information content (AvgIpc) is 2.66. The van der Waals surface area contributed by atoms with Crippen molar-refractivity contribution in [2.45, 2.75) is 40.2 Å². The summed E-state index contributed by atoms with van der Waals surface area (Å²) >= 11 is 0. The van der Waals surface area contributed by atoms with E-state index in [2.05, 4.69) is 31.5 Å². The lowest BCUT2D eigenvalue weighted by Crippen LogP contribution is -2.03. The van der Waals surface area contributed by atoms with Crippen LogP contribution in [0.5, 0.6) is 0 Å². The van der Waals surface area contributed by atoms with E-state index in [0.717, 1.165) is 22.9 Å². The molecule has 96 valence electrons. The van der Waals surface area contributed by atoms with E-state index in [1.165, 1.54) is 5.52 Å². The molecule has 0 bridgehead atoms. The van der Waals surface area contributed by atoms with Crippen molar-refractivity contribution in [3.8, 4) is 0 Å². The number of aromatic carboxylic acids is 1. The zero-order valence-electron chi connectivity index (χ0n) is 11.3. The highest BCUT2D eigenvalue weighted by atomic mass is 16.4. The number of fused-ring (bicyclic) bond motifs is 1. The Hall–Kier alpha value is -1.77. The smallest absolute Gasteiger partial charge is 0.335 e. The molecule has 3 heteroatoms. The van der Waals surface area contributed by atoms with E-state index < -0.39 is 5.97 Å². The lowest BCUT2D eigenvalue weighted by Gasteiger charge is -2.12. The van der Waals surface area contributed by atoms with Crippen LogP contribution in [-0.4, -0.2) is 15.6 Å². The van der Waals surface area contributed by atoms with Crippen molar-refractivity contribution in [1.29, 1.82) is 0 Å². The van der Waals surface area contributed by atoms with Crippen LogP contribution in [0.2, 0.25) is 0 Å². The summed E-state index contributed by atoms with van der Waals surface area (Å²) in [5.41, 5.74) is 3.79. The zero-order valence-corrected chi connectivity index (χ0v) is 11.3. The monoisotopic (exact) mass is 245 g/mol. The van der Waals surface area contributed by atoms with Crippen LogP contribution in [0.3, 0.4) is 0 Å². The van der Waals surface area contributed by atoms with Gasteiger partial charge in [-0.2, -0.15) is 0 Å². The minimum Gasteiger partial charge on any atom is -0.478 e. The van der Waals surface area contributed by atoms with E-state index in [4.69, 9.17) is 5.11 Å². The van der Waals surface area contributed by atoms with Gasteiger partial charge in [0, 0.05) is 17.6 Å². The van der Waals surface area contributed by atoms with Gasteiger partial charge in [-0.3, -0.25) is 0 Å². The highest BCUT2D eigenvalue weighted by molar-refractivity contribution is 5.96. The second-order valence-corrected chi connectivity index (χ2v) is 5.00. The van der Waals surface area contributed by atoms with Crippen molar-refractivity contribution >= 4 is 16.9 Å². The van der Waals surface area contributed by atoms with Crippen LogP contribution in [0.4, 0.5) is 0 Å². The summed E-state index contributed by atoms with van der Waals surface area (Å²) in [6.07, 6.45) is 2.95. The number of hydrogen-bond acceptors (Lipinski definition) is 1. The molecule has 0 aliphatic rings. The minimum atomic E-state index is -0.858. The van der Waals surface area contributed by atoms with E-state index in [-0.39, 0.29) is 0 Å². The Morgan fingerprint density at radius 2 is 2.06 bits per heavy atom. The van der Waals surface area contributed by atoms with Gasteiger partial charge in [0.05, 0.1) is 11.1 Å². The van der Waals surface area contributed by atoms with E-state index in [9.17, 15) is 4.79 Å². The fraction of sp³-hybridized carbons (Fsp3) is 0.400. The molecule has 0 atom stereocenters. The van der Waals surface area contributed by atoms with Crippen LogP contribution in [-0.2, 0) is 6.42 Å². The number of hydrogen-bond donors (Lipinski definition) is 1. The topological polar surface area (TPSA) is 42.2 Å². The number of carboxylic acid groups (broad SMARTS) is 1. The van der Waals surface area contributed by atoms with Crippen LogP contribution in [0.15, 0.2) is 18.3 Å². The second-order valence-electron chi connectivity index (χ2n) is 5.00. The van der Waals surface area contributed by atoms with E-state index >= 15 is 0 Å².